The molecule has 2 unspecified atom stereocenters. The highest BCUT2D eigenvalue weighted by Gasteiger charge is 2.29. The van der Waals surface area contributed by atoms with E-state index in [0.717, 1.165) is 19.5 Å². The maximum Gasteiger partial charge on any atom is 0.176 e. The van der Waals surface area contributed by atoms with Crippen LogP contribution in [0.2, 0.25) is 0 Å². The molecule has 1 aromatic carbocycles. The first kappa shape index (κ1) is 21.4. The maximum atomic E-state index is 15.4. The third-order valence-electron chi connectivity index (χ3n) is 6.36. The lowest BCUT2D eigenvalue weighted by Crippen LogP contribution is -2.40. The predicted octanol–water partition coefficient (Wildman–Crippen LogP) is 3.97. The first-order valence-corrected chi connectivity index (χ1v) is 11.5. The van der Waals surface area contributed by atoms with Gasteiger partial charge in [-0.05, 0) is 37.5 Å². The van der Waals surface area contributed by atoms with Gasteiger partial charge < -0.3 is 15.4 Å². The summed E-state index contributed by atoms with van der Waals surface area (Å²) in [7, 11) is 0. The number of likely N-dealkylation sites (tertiary alicyclic amines) is 1. The molecular formula is C24H24FN9O. The number of nitrogens with zero attached hydrogens (tertiary/aromatic N) is 7. The Morgan fingerprint density at radius 2 is 2.09 bits per heavy atom. The van der Waals surface area contributed by atoms with Crippen LogP contribution in [0.1, 0.15) is 24.6 Å². The van der Waals surface area contributed by atoms with Crippen molar-refractivity contribution in [2.45, 2.75) is 26.6 Å². The second kappa shape index (κ2) is 8.58. The van der Waals surface area contributed by atoms with Gasteiger partial charge in [-0.15, -0.1) is 0 Å². The molecule has 2 aliphatic heterocycles. The summed E-state index contributed by atoms with van der Waals surface area (Å²) in [4.78, 5) is 19.7. The van der Waals surface area contributed by atoms with Gasteiger partial charge in [-0.3, -0.25) is 9.89 Å². The van der Waals surface area contributed by atoms with Gasteiger partial charge in [0, 0.05) is 30.9 Å². The molecule has 1 fully saturated rings. The molecule has 5 heterocycles. The van der Waals surface area contributed by atoms with Crippen molar-refractivity contribution in [3.8, 4) is 11.5 Å². The molecule has 11 heteroatoms. The monoisotopic (exact) mass is 473 g/mol. The van der Waals surface area contributed by atoms with E-state index in [0.29, 0.717) is 51.5 Å². The van der Waals surface area contributed by atoms with Gasteiger partial charge in [-0.2, -0.15) is 5.10 Å². The summed E-state index contributed by atoms with van der Waals surface area (Å²) < 4.78 is 22.9. The Morgan fingerprint density at radius 3 is 2.94 bits per heavy atom. The van der Waals surface area contributed by atoms with Crippen LogP contribution in [0.15, 0.2) is 48.1 Å². The number of hydrogen-bond acceptors (Lipinski definition) is 9. The second-order valence-corrected chi connectivity index (χ2v) is 8.87. The first-order valence-electron chi connectivity index (χ1n) is 11.5. The number of fused-ring (bicyclic) bond motifs is 2. The van der Waals surface area contributed by atoms with Crippen molar-refractivity contribution >= 4 is 29.1 Å². The van der Waals surface area contributed by atoms with E-state index in [-0.39, 0.29) is 6.29 Å². The lowest BCUT2D eigenvalue weighted by molar-refractivity contribution is 0.265. The molecule has 0 amide bonds. The molecule has 0 aliphatic carbocycles. The van der Waals surface area contributed by atoms with Gasteiger partial charge in [0.25, 0.3) is 0 Å². The predicted molar refractivity (Wildman–Crippen MR) is 130 cm³/mol. The minimum absolute atomic E-state index is 0.191. The van der Waals surface area contributed by atoms with Gasteiger partial charge in [0.05, 0.1) is 11.9 Å². The van der Waals surface area contributed by atoms with Crippen molar-refractivity contribution in [3.63, 3.8) is 0 Å². The number of hydrogen-bond donors (Lipinski definition) is 2. The Hall–Kier alpha value is -4.12. The molecule has 178 valence electrons. The van der Waals surface area contributed by atoms with E-state index in [1.54, 1.807) is 48.1 Å². The Morgan fingerprint density at radius 1 is 1.17 bits per heavy atom. The third-order valence-corrected chi connectivity index (χ3v) is 6.36. The molecule has 10 nitrogen and oxygen atoms in total. The van der Waals surface area contributed by atoms with Crippen molar-refractivity contribution in [1.29, 1.82) is 0 Å². The fourth-order valence-corrected chi connectivity index (χ4v) is 4.41. The standard InChI is InChI=1S/C24H24FN9O/c1-14-5-7-33(11-14)24-26-10-18-22(32-24)23(29-12-27-18)31-17-3-4-19(15(2)21(17)25)35-16-6-8-34-20(9-16)28-13-30-34/h3-4,6,8-10,12-14,24,32H,5,7,11H2,1-2H3,(H,27,29,31). The van der Waals surface area contributed by atoms with Gasteiger partial charge in [0.1, 0.15) is 35.5 Å². The molecular weight excluding hydrogens is 449 g/mol. The quantitative estimate of drug-likeness (QED) is 0.449. The van der Waals surface area contributed by atoms with Crippen LogP contribution in [-0.4, -0.2) is 55.1 Å². The van der Waals surface area contributed by atoms with Crippen LogP contribution >= 0.6 is 0 Å². The van der Waals surface area contributed by atoms with E-state index in [2.05, 4.69) is 47.5 Å². The van der Waals surface area contributed by atoms with Gasteiger partial charge in [0.2, 0.25) is 0 Å². The van der Waals surface area contributed by atoms with Crippen molar-refractivity contribution in [3.05, 3.63) is 60.2 Å². The maximum absolute atomic E-state index is 15.4. The minimum Gasteiger partial charge on any atom is -0.457 e. The number of halogens is 1. The summed E-state index contributed by atoms with van der Waals surface area (Å²) in [6, 6.07) is 6.86. The molecule has 4 aromatic rings. The normalized spacial score (nSPS) is 19.5. The SMILES string of the molecule is Cc1c(Oc2ccn3ncnc3c2)ccc(Nc2ncnc3c2NC(N2CCC(C)C2)N=C3)c1F. The molecule has 2 aliphatic rings. The number of benzene rings is 1. The lowest BCUT2D eigenvalue weighted by atomic mass is 10.1. The third kappa shape index (κ3) is 4.03. The van der Waals surface area contributed by atoms with Gasteiger partial charge in [-0.25, -0.2) is 23.9 Å². The molecule has 2 N–H and O–H groups in total. The summed E-state index contributed by atoms with van der Waals surface area (Å²) in [5, 5.41) is 10.6. The number of nitrogens with one attached hydrogen (secondary N) is 2. The molecule has 2 atom stereocenters. The smallest absolute Gasteiger partial charge is 0.176 e. The zero-order valence-electron chi connectivity index (χ0n) is 19.3. The van der Waals surface area contributed by atoms with Crippen LogP contribution in [0.3, 0.4) is 0 Å². The fourth-order valence-electron chi connectivity index (χ4n) is 4.41. The number of aliphatic imine (C=N–C) groups is 1. The van der Waals surface area contributed by atoms with Crippen LogP contribution in [-0.2, 0) is 0 Å². The Bertz CT molecular complexity index is 1440. The fraction of sp³-hybridized carbons (Fsp3) is 0.292. The van der Waals surface area contributed by atoms with E-state index in [1.165, 1.54) is 12.7 Å². The topological polar surface area (TPSA) is 105 Å². The van der Waals surface area contributed by atoms with Crippen LogP contribution in [0.5, 0.6) is 11.5 Å². The molecule has 0 saturated carbocycles. The number of ether oxygens (including phenoxy) is 1. The van der Waals surface area contributed by atoms with Crippen LogP contribution < -0.4 is 15.4 Å². The van der Waals surface area contributed by atoms with E-state index >= 15 is 4.39 Å². The average molecular weight is 474 g/mol. The van der Waals surface area contributed by atoms with Crippen molar-refractivity contribution < 1.29 is 9.13 Å². The lowest BCUT2D eigenvalue weighted by Gasteiger charge is -2.29. The largest absolute Gasteiger partial charge is 0.457 e. The first-order chi connectivity index (χ1) is 17.0. The van der Waals surface area contributed by atoms with Crippen LogP contribution in [0.4, 0.5) is 21.6 Å². The van der Waals surface area contributed by atoms with Crippen molar-refractivity contribution in [1.82, 2.24) is 29.5 Å². The molecule has 1 saturated heterocycles. The molecule has 0 spiro atoms. The van der Waals surface area contributed by atoms with E-state index in [1.807, 2.05) is 0 Å². The highest BCUT2D eigenvalue weighted by molar-refractivity contribution is 5.92. The number of rotatable bonds is 5. The summed E-state index contributed by atoms with van der Waals surface area (Å²) in [6.45, 7) is 5.86. The highest BCUT2D eigenvalue weighted by Crippen LogP contribution is 2.34. The summed E-state index contributed by atoms with van der Waals surface area (Å²) in [5.74, 6) is 1.66. The van der Waals surface area contributed by atoms with E-state index in [9.17, 15) is 0 Å². The Kier molecular flexibility index (Phi) is 5.25. The molecule has 0 bridgehead atoms. The van der Waals surface area contributed by atoms with Gasteiger partial charge >= 0.3 is 0 Å². The van der Waals surface area contributed by atoms with E-state index in [4.69, 9.17) is 4.74 Å². The summed E-state index contributed by atoms with van der Waals surface area (Å²) in [5.41, 5.74) is 2.67. The van der Waals surface area contributed by atoms with Crippen molar-refractivity contribution in [2.75, 3.05) is 23.7 Å². The van der Waals surface area contributed by atoms with Gasteiger partial charge in [-0.1, -0.05) is 6.92 Å². The molecule has 3 aromatic heterocycles. The summed E-state index contributed by atoms with van der Waals surface area (Å²) >= 11 is 0. The van der Waals surface area contributed by atoms with Crippen molar-refractivity contribution in [2.24, 2.45) is 10.9 Å². The van der Waals surface area contributed by atoms with Crippen LogP contribution in [0, 0.1) is 18.7 Å². The molecule has 6 rings (SSSR count). The summed E-state index contributed by atoms with van der Waals surface area (Å²) in [6.07, 6.45) is 7.34. The van der Waals surface area contributed by atoms with Crippen LogP contribution in [0.25, 0.3) is 5.65 Å². The zero-order valence-corrected chi connectivity index (χ0v) is 19.3. The average Bonchev–Trinajstić information content (AvgIpc) is 3.52. The van der Waals surface area contributed by atoms with Gasteiger partial charge in [0.15, 0.2) is 23.6 Å². The Labute approximate surface area is 200 Å². The zero-order chi connectivity index (χ0) is 23.9. The number of anilines is 3. The number of pyridine rings is 1. The number of aromatic nitrogens is 5. The minimum atomic E-state index is -0.423. The molecule has 0 radical (unpaired) electrons. The second-order valence-electron chi connectivity index (χ2n) is 8.87. The molecule has 35 heavy (non-hydrogen) atoms. The highest BCUT2D eigenvalue weighted by atomic mass is 19.1. The Balaban J connectivity index is 1.24. The van der Waals surface area contributed by atoms with E-state index < -0.39 is 5.82 Å².